The fraction of sp³-hybridized carbons (Fsp3) is 0.211. The average molecular weight is 415 g/mol. The smallest absolute Gasteiger partial charge is 0.325 e. The van der Waals surface area contributed by atoms with Crippen LogP contribution in [0.1, 0.15) is 17.0 Å². The summed E-state index contributed by atoms with van der Waals surface area (Å²) in [5.41, 5.74) is 3.12. The number of aryl methyl sites for hydroxylation is 1. The van der Waals surface area contributed by atoms with Crippen molar-refractivity contribution in [3.63, 3.8) is 0 Å². The molecular weight excluding hydrogens is 398 g/mol. The van der Waals surface area contributed by atoms with Gasteiger partial charge in [0, 0.05) is 29.2 Å². The van der Waals surface area contributed by atoms with Gasteiger partial charge in [0.25, 0.3) is 16.8 Å². The van der Waals surface area contributed by atoms with Crippen LogP contribution < -0.4 is 0 Å². The minimum absolute atomic E-state index is 0.00397. The first-order chi connectivity index (χ1) is 13.7. The second-order valence-electron chi connectivity index (χ2n) is 6.28. The lowest BCUT2D eigenvalue weighted by atomic mass is 10.2. The van der Waals surface area contributed by atoms with E-state index in [4.69, 9.17) is 0 Å². The van der Waals surface area contributed by atoms with Crippen molar-refractivity contribution in [3.05, 3.63) is 62.3 Å². The first kappa shape index (κ1) is 20.3. The minimum atomic E-state index is -0.676. The maximum atomic E-state index is 12.5. The Labute approximate surface area is 170 Å². The van der Waals surface area contributed by atoms with Gasteiger partial charge in [0.05, 0.1) is 16.9 Å². The van der Waals surface area contributed by atoms with E-state index in [1.807, 2.05) is 24.5 Å². The van der Waals surface area contributed by atoms with Gasteiger partial charge in [0.15, 0.2) is 0 Å². The molecule has 0 unspecified atom stereocenters. The molecule has 1 saturated heterocycles. The number of non-ortho nitro benzene ring substituents is 1. The van der Waals surface area contributed by atoms with Gasteiger partial charge in [-0.15, -0.1) is 0 Å². The van der Waals surface area contributed by atoms with Crippen LogP contribution in [0.2, 0.25) is 0 Å². The predicted molar refractivity (Wildman–Crippen MR) is 107 cm³/mol. The normalized spacial score (nSPS) is 15.3. The largest absolute Gasteiger partial charge is 0.468 e. The van der Waals surface area contributed by atoms with E-state index in [1.165, 1.54) is 19.2 Å². The summed E-state index contributed by atoms with van der Waals surface area (Å²) in [5, 5.41) is 10.3. The topological polar surface area (TPSA) is 112 Å². The fourth-order valence-corrected chi connectivity index (χ4v) is 3.85. The Morgan fingerprint density at radius 2 is 1.90 bits per heavy atom. The molecule has 3 rings (SSSR count). The number of thioether (sulfide) groups is 1. The van der Waals surface area contributed by atoms with E-state index >= 15 is 0 Å². The summed E-state index contributed by atoms with van der Waals surface area (Å²) < 4.78 is 6.41. The molecule has 0 N–H and O–H groups in total. The number of nitro benzene ring substituents is 1. The molecule has 1 aromatic carbocycles. The van der Waals surface area contributed by atoms with Gasteiger partial charge < -0.3 is 9.30 Å². The van der Waals surface area contributed by atoms with E-state index < -0.39 is 28.6 Å². The lowest BCUT2D eigenvalue weighted by molar-refractivity contribution is -0.384. The van der Waals surface area contributed by atoms with Crippen molar-refractivity contribution >= 4 is 40.6 Å². The van der Waals surface area contributed by atoms with Gasteiger partial charge in [-0.25, -0.2) is 0 Å². The minimum Gasteiger partial charge on any atom is -0.468 e. The predicted octanol–water partition coefficient (Wildman–Crippen LogP) is 3.21. The Bertz CT molecular complexity index is 1050. The Morgan fingerprint density at radius 1 is 1.24 bits per heavy atom. The molecule has 0 aliphatic carbocycles. The maximum absolute atomic E-state index is 12.5. The Balaban J connectivity index is 1.92. The number of ether oxygens (including phenoxy) is 1. The van der Waals surface area contributed by atoms with Crippen molar-refractivity contribution in [3.8, 4) is 5.69 Å². The van der Waals surface area contributed by atoms with Gasteiger partial charge in [0.2, 0.25) is 0 Å². The van der Waals surface area contributed by atoms with Crippen molar-refractivity contribution in [2.75, 3.05) is 13.7 Å². The molecular formula is C19H17N3O6S. The first-order valence-corrected chi connectivity index (χ1v) is 9.30. The van der Waals surface area contributed by atoms with E-state index in [-0.39, 0.29) is 10.6 Å². The SMILES string of the molecule is COC(=O)CN1C(=O)S/C(=C/c2cc(C)n(-c3ccc([N+](=O)[O-])cc3)c2C)C1=O. The third-order valence-electron chi connectivity index (χ3n) is 4.46. The van der Waals surface area contributed by atoms with E-state index in [9.17, 15) is 24.5 Å². The first-order valence-electron chi connectivity index (χ1n) is 8.49. The van der Waals surface area contributed by atoms with Crippen molar-refractivity contribution < 1.29 is 24.0 Å². The van der Waals surface area contributed by atoms with E-state index in [2.05, 4.69) is 4.74 Å². The summed E-state index contributed by atoms with van der Waals surface area (Å²) in [4.78, 5) is 47.4. The summed E-state index contributed by atoms with van der Waals surface area (Å²) in [7, 11) is 1.18. The number of carbonyl (C=O) groups is 3. The second-order valence-corrected chi connectivity index (χ2v) is 7.27. The van der Waals surface area contributed by atoms with Gasteiger partial charge in [-0.3, -0.25) is 29.4 Å². The standard InChI is InChI=1S/C19H17N3O6S/c1-11-8-13(9-16-18(24)20(19(25)29-16)10-17(23)28-3)12(2)21(11)14-4-6-15(7-5-14)22(26)27/h4-9H,10H2,1-3H3/b16-9+. The highest BCUT2D eigenvalue weighted by Gasteiger charge is 2.36. The quantitative estimate of drug-likeness (QED) is 0.319. The zero-order chi connectivity index (χ0) is 21.3. The van der Waals surface area contributed by atoms with Crippen LogP contribution >= 0.6 is 11.8 Å². The number of aromatic nitrogens is 1. The molecule has 0 atom stereocenters. The second kappa shape index (κ2) is 7.92. The van der Waals surface area contributed by atoms with Crippen LogP contribution in [-0.4, -0.2) is 45.2 Å². The van der Waals surface area contributed by atoms with Gasteiger partial charge >= 0.3 is 5.97 Å². The van der Waals surface area contributed by atoms with Crippen LogP contribution in [0, 0.1) is 24.0 Å². The molecule has 1 aliphatic rings. The molecule has 1 aromatic heterocycles. The number of hydrogen-bond acceptors (Lipinski definition) is 7. The third kappa shape index (κ3) is 3.92. The van der Waals surface area contributed by atoms with Crippen LogP contribution in [0.25, 0.3) is 11.8 Å². The highest BCUT2D eigenvalue weighted by Crippen LogP contribution is 2.33. The number of nitrogens with zero attached hydrogens (tertiary/aromatic N) is 3. The van der Waals surface area contributed by atoms with E-state index in [0.717, 1.165) is 39.3 Å². The van der Waals surface area contributed by atoms with Crippen LogP contribution in [0.15, 0.2) is 35.2 Å². The molecule has 29 heavy (non-hydrogen) atoms. The number of imide groups is 1. The molecule has 10 heteroatoms. The van der Waals surface area contributed by atoms with Crippen molar-refractivity contribution in [1.82, 2.24) is 9.47 Å². The highest BCUT2D eigenvalue weighted by atomic mass is 32.2. The van der Waals surface area contributed by atoms with Crippen molar-refractivity contribution in [2.24, 2.45) is 0 Å². The van der Waals surface area contributed by atoms with Gasteiger partial charge in [0.1, 0.15) is 6.54 Å². The molecule has 150 valence electrons. The maximum Gasteiger partial charge on any atom is 0.325 e. The zero-order valence-corrected chi connectivity index (χ0v) is 16.7. The summed E-state index contributed by atoms with van der Waals surface area (Å²) in [6.45, 7) is 3.29. The molecule has 2 aromatic rings. The molecule has 2 amide bonds. The summed E-state index contributed by atoms with van der Waals surface area (Å²) >= 11 is 0.760. The number of esters is 1. The Morgan fingerprint density at radius 3 is 2.48 bits per heavy atom. The number of benzene rings is 1. The molecule has 0 saturated carbocycles. The average Bonchev–Trinajstić information content (AvgIpc) is 3.11. The molecule has 1 aliphatic heterocycles. The van der Waals surface area contributed by atoms with Crippen LogP contribution in [0.4, 0.5) is 10.5 Å². The number of nitro groups is 1. The van der Waals surface area contributed by atoms with Gasteiger partial charge in [-0.1, -0.05) is 0 Å². The molecule has 0 radical (unpaired) electrons. The fourth-order valence-electron chi connectivity index (χ4n) is 3.03. The van der Waals surface area contributed by atoms with Crippen LogP contribution in [-0.2, 0) is 14.3 Å². The highest BCUT2D eigenvalue weighted by molar-refractivity contribution is 8.18. The third-order valence-corrected chi connectivity index (χ3v) is 5.37. The van der Waals surface area contributed by atoms with E-state index in [0.29, 0.717) is 0 Å². The van der Waals surface area contributed by atoms with Gasteiger partial charge in [-0.2, -0.15) is 0 Å². The van der Waals surface area contributed by atoms with Crippen molar-refractivity contribution in [1.29, 1.82) is 0 Å². The monoisotopic (exact) mass is 415 g/mol. The Kier molecular flexibility index (Phi) is 5.55. The lowest BCUT2D eigenvalue weighted by Crippen LogP contribution is -2.34. The molecule has 0 bridgehead atoms. The van der Waals surface area contributed by atoms with E-state index in [1.54, 1.807) is 18.2 Å². The molecule has 0 spiro atoms. The Hall–Kier alpha value is -3.40. The van der Waals surface area contributed by atoms with Crippen LogP contribution in [0.3, 0.4) is 0 Å². The summed E-state index contributed by atoms with van der Waals surface area (Å²) in [5.74, 6) is -1.23. The lowest BCUT2D eigenvalue weighted by Gasteiger charge is -2.10. The molecule has 2 heterocycles. The zero-order valence-electron chi connectivity index (χ0n) is 15.9. The summed E-state index contributed by atoms with van der Waals surface area (Å²) in [6, 6.07) is 7.99. The number of hydrogen-bond donors (Lipinski definition) is 0. The molecule has 1 fully saturated rings. The number of methoxy groups -OCH3 is 1. The van der Waals surface area contributed by atoms with Crippen LogP contribution in [0.5, 0.6) is 0 Å². The van der Waals surface area contributed by atoms with Gasteiger partial charge in [-0.05, 0) is 55.4 Å². The number of amides is 2. The number of rotatable bonds is 5. The number of carbonyl (C=O) groups excluding carboxylic acids is 3. The van der Waals surface area contributed by atoms with Crippen molar-refractivity contribution in [2.45, 2.75) is 13.8 Å². The molecule has 9 nitrogen and oxygen atoms in total. The summed E-state index contributed by atoms with van der Waals surface area (Å²) in [6.07, 6.45) is 1.60.